The fourth-order valence-corrected chi connectivity index (χ4v) is 5.21. The standard InChI is InChI=1S/C19H24N8O4S/c28-15-10-12(17(29)23-15)9-13-11-21-27-16(13)24-18(25-19(27)22-14-3-4-14)20-5-8-32(30,31)26-6-1-2-7-26/h9,11,14H,1-8,10H2,(H,23,28,29)(H2,20,22,24,25)/b12-9+. The topological polar surface area (TPSA) is 151 Å². The largest absolute Gasteiger partial charge is 0.353 e. The summed E-state index contributed by atoms with van der Waals surface area (Å²) in [7, 11) is -3.32. The molecule has 0 bridgehead atoms. The van der Waals surface area contributed by atoms with Crippen molar-refractivity contribution in [3.05, 3.63) is 17.3 Å². The molecule has 1 aliphatic carbocycles. The maximum Gasteiger partial charge on any atom is 0.254 e. The highest BCUT2D eigenvalue weighted by Crippen LogP contribution is 2.26. The number of nitrogens with zero attached hydrogens (tertiary/aromatic N) is 5. The van der Waals surface area contributed by atoms with E-state index in [1.165, 1.54) is 4.31 Å². The Bertz CT molecular complexity index is 1210. The Kier molecular flexibility index (Phi) is 5.29. The lowest BCUT2D eigenvalue weighted by Crippen LogP contribution is -2.32. The molecule has 2 aromatic rings. The third kappa shape index (κ3) is 4.30. The Morgan fingerprint density at radius 3 is 2.66 bits per heavy atom. The van der Waals surface area contributed by atoms with Crippen molar-refractivity contribution >= 4 is 45.5 Å². The van der Waals surface area contributed by atoms with Gasteiger partial charge in [0, 0.05) is 36.8 Å². The molecular weight excluding hydrogens is 436 g/mol. The molecule has 2 aromatic heterocycles. The van der Waals surface area contributed by atoms with Gasteiger partial charge in [0.05, 0.1) is 18.4 Å². The predicted molar refractivity (Wildman–Crippen MR) is 116 cm³/mol. The van der Waals surface area contributed by atoms with Crippen LogP contribution in [0.15, 0.2) is 11.8 Å². The number of anilines is 2. The molecule has 12 nitrogen and oxygen atoms in total. The second-order valence-electron chi connectivity index (χ2n) is 8.20. The third-order valence-corrected chi connectivity index (χ3v) is 7.50. The Labute approximate surface area is 184 Å². The maximum absolute atomic E-state index is 12.5. The van der Waals surface area contributed by atoms with Gasteiger partial charge in [-0.15, -0.1) is 0 Å². The fraction of sp³-hybridized carbons (Fsp3) is 0.526. The lowest BCUT2D eigenvalue weighted by molar-refractivity contribution is -0.124. The van der Waals surface area contributed by atoms with Gasteiger partial charge in [0.1, 0.15) is 0 Å². The maximum atomic E-state index is 12.5. The number of hydrogen-bond acceptors (Lipinski definition) is 9. The summed E-state index contributed by atoms with van der Waals surface area (Å²) < 4.78 is 28.0. The monoisotopic (exact) mass is 460 g/mol. The number of rotatable bonds is 8. The van der Waals surface area contributed by atoms with Gasteiger partial charge in [-0.25, -0.2) is 12.7 Å². The van der Waals surface area contributed by atoms with Crippen molar-refractivity contribution in [1.82, 2.24) is 29.2 Å². The van der Waals surface area contributed by atoms with Crippen LogP contribution >= 0.6 is 0 Å². The van der Waals surface area contributed by atoms with Crippen LogP contribution in [0.2, 0.25) is 0 Å². The summed E-state index contributed by atoms with van der Waals surface area (Å²) in [5.74, 6) is -0.0654. The minimum Gasteiger partial charge on any atom is -0.353 e. The lowest BCUT2D eigenvalue weighted by atomic mass is 10.1. The molecule has 0 spiro atoms. The summed E-state index contributed by atoms with van der Waals surface area (Å²) in [4.78, 5) is 32.4. The van der Waals surface area contributed by atoms with E-state index in [0.29, 0.717) is 41.9 Å². The van der Waals surface area contributed by atoms with E-state index < -0.39 is 15.9 Å². The molecule has 170 valence electrons. The Morgan fingerprint density at radius 2 is 1.97 bits per heavy atom. The molecule has 3 fully saturated rings. The van der Waals surface area contributed by atoms with Crippen LogP contribution in [0.3, 0.4) is 0 Å². The Morgan fingerprint density at radius 1 is 1.19 bits per heavy atom. The van der Waals surface area contributed by atoms with Crippen LogP contribution in [-0.4, -0.2) is 75.5 Å². The van der Waals surface area contributed by atoms with Crippen LogP contribution in [0.25, 0.3) is 11.7 Å². The number of fused-ring (bicyclic) bond motifs is 1. The minimum absolute atomic E-state index is 0.00784. The van der Waals surface area contributed by atoms with Gasteiger partial charge in [-0.2, -0.15) is 19.6 Å². The molecule has 4 heterocycles. The van der Waals surface area contributed by atoms with Crippen molar-refractivity contribution in [2.75, 3.05) is 36.0 Å². The predicted octanol–water partition coefficient (Wildman–Crippen LogP) is -0.0340. The van der Waals surface area contributed by atoms with Crippen molar-refractivity contribution < 1.29 is 18.0 Å². The minimum atomic E-state index is -3.32. The number of sulfonamides is 1. The molecule has 2 amide bonds. The fourth-order valence-electron chi connectivity index (χ4n) is 3.77. The number of nitrogens with one attached hydrogen (secondary N) is 3. The van der Waals surface area contributed by atoms with E-state index in [1.54, 1.807) is 16.8 Å². The van der Waals surface area contributed by atoms with Crippen molar-refractivity contribution in [2.45, 2.75) is 38.1 Å². The second kappa shape index (κ2) is 8.13. The average Bonchev–Trinajstić information content (AvgIpc) is 3.13. The highest BCUT2D eigenvalue weighted by molar-refractivity contribution is 7.89. The smallest absolute Gasteiger partial charge is 0.254 e. The van der Waals surface area contributed by atoms with E-state index >= 15 is 0 Å². The van der Waals surface area contributed by atoms with Crippen molar-refractivity contribution in [3.63, 3.8) is 0 Å². The van der Waals surface area contributed by atoms with Gasteiger partial charge in [0.2, 0.25) is 27.8 Å². The lowest BCUT2D eigenvalue weighted by Gasteiger charge is -2.15. The summed E-state index contributed by atoms with van der Waals surface area (Å²) in [6, 6.07) is 0.306. The first-order valence-corrected chi connectivity index (χ1v) is 12.3. The van der Waals surface area contributed by atoms with Gasteiger partial charge in [0.25, 0.3) is 5.91 Å². The molecule has 2 aliphatic heterocycles. The summed E-state index contributed by atoms with van der Waals surface area (Å²) in [6.45, 7) is 1.31. The first kappa shape index (κ1) is 20.8. The van der Waals surface area contributed by atoms with Crippen LogP contribution in [0.1, 0.15) is 37.7 Å². The summed E-state index contributed by atoms with van der Waals surface area (Å²) in [5, 5.41) is 12.9. The van der Waals surface area contributed by atoms with Gasteiger partial charge >= 0.3 is 0 Å². The van der Waals surface area contributed by atoms with E-state index in [-0.39, 0.29) is 30.6 Å². The van der Waals surface area contributed by atoms with Crippen LogP contribution in [0.5, 0.6) is 0 Å². The van der Waals surface area contributed by atoms with Crippen LogP contribution < -0.4 is 16.0 Å². The molecule has 13 heteroatoms. The number of hydrogen-bond donors (Lipinski definition) is 3. The normalized spacial score (nSPS) is 20.9. The van der Waals surface area contributed by atoms with Gasteiger partial charge in [-0.05, 0) is 31.8 Å². The number of imide groups is 1. The Balaban J connectivity index is 1.40. The summed E-state index contributed by atoms with van der Waals surface area (Å²) in [6.07, 6.45) is 7.02. The number of aromatic nitrogens is 4. The molecule has 0 atom stereocenters. The van der Waals surface area contributed by atoms with E-state index in [4.69, 9.17) is 0 Å². The molecule has 32 heavy (non-hydrogen) atoms. The van der Waals surface area contributed by atoms with Gasteiger partial charge < -0.3 is 10.6 Å². The zero-order chi connectivity index (χ0) is 22.3. The first-order valence-electron chi connectivity index (χ1n) is 10.7. The summed E-state index contributed by atoms with van der Waals surface area (Å²) >= 11 is 0. The van der Waals surface area contributed by atoms with E-state index in [0.717, 1.165) is 25.7 Å². The number of carbonyl (C=O) groups excluding carboxylic acids is 2. The highest BCUT2D eigenvalue weighted by atomic mass is 32.2. The molecule has 2 saturated heterocycles. The first-order chi connectivity index (χ1) is 15.4. The van der Waals surface area contributed by atoms with E-state index in [1.807, 2.05) is 0 Å². The van der Waals surface area contributed by atoms with Gasteiger partial charge in [-0.3, -0.25) is 14.9 Å². The zero-order valence-electron chi connectivity index (χ0n) is 17.4. The van der Waals surface area contributed by atoms with Gasteiger partial charge in [-0.1, -0.05) is 0 Å². The summed E-state index contributed by atoms with van der Waals surface area (Å²) in [5.41, 5.74) is 1.36. The van der Waals surface area contributed by atoms with E-state index in [9.17, 15) is 18.0 Å². The van der Waals surface area contributed by atoms with Crippen LogP contribution in [0, 0.1) is 0 Å². The van der Waals surface area contributed by atoms with Crippen molar-refractivity contribution in [1.29, 1.82) is 0 Å². The van der Waals surface area contributed by atoms with Gasteiger partial charge in [0.15, 0.2) is 5.65 Å². The quantitative estimate of drug-likeness (QED) is 0.364. The molecule has 0 aromatic carbocycles. The molecule has 5 rings (SSSR count). The third-order valence-electron chi connectivity index (χ3n) is 5.63. The molecule has 1 saturated carbocycles. The second-order valence-corrected chi connectivity index (χ2v) is 10.3. The molecule has 0 unspecified atom stereocenters. The van der Waals surface area contributed by atoms with E-state index in [2.05, 4.69) is 31.0 Å². The zero-order valence-corrected chi connectivity index (χ0v) is 18.2. The van der Waals surface area contributed by atoms with Crippen molar-refractivity contribution in [2.24, 2.45) is 0 Å². The average molecular weight is 461 g/mol. The molecule has 0 radical (unpaired) electrons. The number of carbonyl (C=O) groups is 2. The van der Waals surface area contributed by atoms with Crippen molar-refractivity contribution in [3.8, 4) is 0 Å². The van der Waals surface area contributed by atoms with Crippen LogP contribution in [0.4, 0.5) is 11.9 Å². The highest BCUT2D eigenvalue weighted by Gasteiger charge is 2.27. The van der Waals surface area contributed by atoms with Crippen LogP contribution in [-0.2, 0) is 19.6 Å². The SMILES string of the molecule is O=C1C/C(=C\c2cnn3c(NC4CC4)nc(NCCS(=O)(=O)N4CCCC4)nc23)C(=O)N1. The Hall–Kier alpha value is -3.06. The number of amides is 2. The molecule has 3 aliphatic rings. The molecule has 3 N–H and O–H groups in total. The molecular formula is C19H24N8O4S.